The van der Waals surface area contributed by atoms with Gasteiger partial charge in [-0.25, -0.2) is 4.57 Å². The normalized spacial score (nSPS) is 14.3. The number of phosphoric acid groups is 1. The highest BCUT2D eigenvalue weighted by atomic mass is 31.2. The molecule has 0 aliphatic heterocycles. The summed E-state index contributed by atoms with van der Waals surface area (Å²) < 4.78 is 34.0. The van der Waals surface area contributed by atoms with E-state index in [0.29, 0.717) is 17.4 Å². The number of carbonyl (C=O) groups is 2. The fraction of sp³-hybridized carbons (Fsp3) is 0.714. The molecule has 0 saturated carbocycles. The standard InChI is InChI=1S/C42H74NO8P/c1-6-8-10-12-14-16-17-18-19-20-21-22-23-24-25-27-29-31-33-35-42(45)51-40(39-50-52(46,47)49-37-36-43(3,4)5)38-48-41(44)34-32-30-28-26-15-13-11-9-7-2/h14,16,18-19,21-22,24-25,29,31,40H,6-13,15,17,20,23,26-28,30,32-39H2,1-5H3/p+1/b16-14+,19-18+,22-21+,25-24+,31-29+/t40-/m1/s1. The zero-order valence-electron chi connectivity index (χ0n) is 33.5. The second-order valence-corrected chi connectivity index (χ2v) is 15.8. The summed E-state index contributed by atoms with van der Waals surface area (Å²) in [5, 5.41) is 0. The van der Waals surface area contributed by atoms with Gasteiger partial charge >= 0.3 is 19.8 Å². The zero-order chi connectivity index (χ0) is 38.6. The van der Waals surface area contributed by atoms with E-state index in [9.17, 15) is 19.0 Å². The van der Waals surface area contributed by atoms with Crippen LogP contribution in [0.3, 0.4) is 0 Å². The number of phosphoric ester groups is 1. The van der Waals surface area contributed by atoms with Gasteiger partial charge in [-0.2, -0.15) is 0 Å². The van der Waals surface area contributed by atoms with Gasteiger partial charge in [0.25, 0.3) is 0 Å². The third-order valence-corrected chi connectivity index (χ3v) is 9.05. The first-order valence-corrected chi connectivity index (χ1v) is 21.5. The molecule has 0 spiro atoms. The number of likely N-dealkylation sites (N-methyl/N-ethyl adjacent to an activating group) is 1. The lowest BCUT2D eigenvalue weighted by Crippen LogP contribution is -2.37. The molecule has 0 rings (SSSR count). The molecule has 0 aliphatic rings. The molecule has 0 radical (unpaired) electrons. The van der Waals surface area contributed by atoms with E-state index in [-0.39, 0.29) is 26.1 Å². The molecular formula is C42H75NO8P+. The van der Waals surface area contributed by atoms with Crippen molar-refractivity contribution in [1.82, 2.24) is 0 Å². The SMILES string of the molecule is CCCCC/C=C/C/C=C/C/C=C/C/C=C/C/C=C/CCC(=O)O[C@H](COC(=O)CCCCCCCCCCC)COP(=O)(O)OCC[N+](C)(C)C. The van der Waals surface area contributed by atoms with E-state index in [1.54, 1.807) is 0 Å². The quantitative estimate of drug-likeness (QED) is 0.0224. The summed E-state index contributed by atoms with van der Waals surface area (Å²) in [7, 11) is 1.42. The van der Waals surface area contributed by atoms with Crippen LogP contribution in [0, 0.1) is 0 Å². The number of hydrogen-bond acceptors (Lipinski definition) is 7. The van der Waals surface area contributed by atoms with Gasteiger partial charge in [0.1, 0.15) is 19.8 Å². The average molecular weight is 753 g/mol. The molecule has 0 bridgehead atoms. The van der Waals surface area contributed by atoms with Crippen molar-refractivity contribution in [1.29, 1.82) is 0 Å². The smallest absolute Gasteiger partial charge is 0.462 e. The molecule has 0 fully saturated rings. The fourth-order valence-electron chi connectivity index (χ4n) is 4.88. The molecule has 0 aromatic carbocycles. The van der Waals surface area contributed by atoms with Crippen molar-refractivity contribution in [2.24, 2.45) is 0 Å². The lowest BCUT2D eigenvalue weighted by atomic mass is 10.1. The average Bonchev–Trinajstić information content (AvgIpc) is 3.09. The van der Waals surface area contributed by atoms with Gasteiger partial charge in [-0.05, 0) is 51.4 Å². The molecule has 0 saturated heterocycles. The van der Waals surface area contributed by atoms with E-state index in [4.69, 9.17) is 18.5 Å². The molecule has 1 N–H and O–H groups in total. The van der Waals surface area contributed by atoms with Crippen LogP contribution in [0.4, 0.5) is 0 Å². The topological polar surface area (TPSA) is 108 Å². The van der Waals surface area contributed by atoms with E-state index in [1.807, 2.05) is 33.3 Å². The Morgan fingerprint density at radius 2 is 1.08 bits per heavy atom. The molecule has 1 unspecified atom stereocenters. The number of nitrogens with zero attached hydrogens (tertiary/aromatic N) is 1. The maximum Gasteiger partial charge on any atom is 0.472 e. The van der Waals surface area contributed by atoms with Crippen molar-refractivity contribution in [3.8, 4) is 0 Å². The molecule has 0 aromatic heterocycles. The first kappa shape index (κ1) is 49.7. The molecule has 10 heteroatoms. The summed E-state index contributed by atoms with van der Waals surface area (Å²) in [5.41, 5.74) is 0. The zero-order valence-corrected chi connectivity index (χ0v) is 34.4. The Morgan fingerprint density at radius 1 is 0.596 bits per heavy atom. The second kappa shape index (κ2) is 34.5. The van der Waals surface area contributed by atoms with Crippen LogP contribution < -0.4 is 0 Å². The van der Waals surface area contributed by atoms with Crippen molar-refractivity contribution in [2.45, 2.75) is 148 Å². The van der Waals surface area contributed by atoms with Crippen molar-refractivity contribution in [3.05, 3.63) is 60.8 Å². The molecule has 0 aromatic rings. The van der Waals surface area contributed by atoms with Gasteiger partial charge in [-0.3, -0.25) is 18.6 Å². The molecule has 300 valence electrons. The summed E-state index contributed by atoms with van der Waals surface area (Å²) in [6.45, 7) is 4.26. The molecule has 9 nitrogen and oxygen atoms in total. The fourth-order valence-corrected chi connectivity index (χ4v) is 5.62. The third-order valence-electron chi connectivity index (χ3n) is 8.06. The van der Waals surface area contributed by atoms with E-state index in [2.05, 4.69) is 62.5 Å². The minimum atomic E-state index is -4.39. The van der Waals surface area contributed by atoms with Crippen LogP contribution in [0.15, 0.2) is 60.8 Å². The number of ether oxygens (including phenoxy) is 2. The molecule has 0 amide bonds. The second-order valence-electron chi connectivity index (χ2n) is 14.3. The van der Waals surface area contributed by atoms with Gasteiger partial charge in [0.2, 0.25) is 0 Å². The molecular weight excluding hydrogens is 677 g/mol. The van der Waals surface area contributed by atoms with Gasteiger partial charge in [0.05, 0.1) is 27.7 Å². The number of allylic oxidation sites excluding steroid dienone is 10. The summed E-state index contributed by atoms with van der Waals surface area (Å²) >= 11 is 0. The van der Waals surface area contributed by atoms with Gasteiger partial charge in [0.15, 0.2) is 6.10 Å². The van der Waals surface area contributed by atoms with Crippen LogP contribution in [-0.4, -0.2) is 74.9 Å². The van der Waals surface area contributed by atoms with Crippen LogP contribution in [0.1, 0.15) is 142 Å². The molecule has 0 aliphatic carbocycles. The number of esters is 2. The van der Waals surface area contributed by atoms with E-state index < -0.39 is 32.5 Å². The number of quaternary nitrogens is 1. The van der Waals surface area contributed by atoms with E-state index in [1.165, 1.54) is 64.2 Å². The monoisotopic (exact) mass is 753 g/mol. The van der Waals surface area contributed by atoms with Crippen LogP contribution in [0.2, 0.25) is 0 Å². The Bertz CT molecular complexity index is 1080. The Morgan fingerprint density at radius 3 is 1.62 bits per heavy atom. The van der Waals surface area contributed by atoms with Crippen LogP contribution in [0.5, 0.6) is 0 Å². The third kappa shape index (κ3) is 37.5. The highest BCUT2D eigenvalue weighted by Gasteiger charge is 2.27. The first-order chi connectivity index (χ1) is 25.0. The molecule has 52 heavy (non-hydrogen) atoms. The van der Waals surface area contributed by atoms with Gasteiger partial charge < -0.3 is 18.9 Å². The van der Waals surface area contributed by atoms with Crippen molar-refractivity contribution in [3.63, 3.8) is 0 Å². The molecule has 2 atom stereocenters. The number of rotatable bonds is 35. The Balaban J connectivity index is 4.54. The van der Waals surface area contributed by atoms with Crippen LogP contribution in [0.25, 0.3) is 0 Å². The maximum absolute atomic E-state index is 12.6. The number of hydrogen-bond donors (Lipinski definition) is 1. The number of unbranched alkanes of at least 4 members (excludes halogenated alkanes) is 11. The predicted molar refractivity (Wildman–Crippen MR) is 215 cm³/mol. The Hall–Kier alpha value is -2.29. The lowest BCUT2D eigenvalue weighted by molar-refractivity contribution is -0.870. The summed E-state index contributed by atoms with van der Waals surface area (Å²) in [6, 6.07) is 0. The van der Waals surface area contributed by atoms with Crippen molar-refractivity contribution >= 4 is 19.8 Å². The van der Waals surface area contributed by atoms with Crippen LogP contribution >= 0.6 is 7.82 Å². The summed E-state index contributed by atoms with van der Waals surface area (Å²) in [4.78, 5) is 35.1. The lowest BCUT2D eigenvalue weighted by Gasteiger charge is -2.24. The summed E-state index contributed by atoms with van der Waals surface area (Å²) in [6.07, 6.45) is 40.1. The van der Waals surface area contributed by atoms with E-state index in [0.717, 1.165) is 44.9 Å². The van der Waals surface area contributed by atoms with Gasteiger partial charge in [-0.1, -0.05) is 139 Å². The summed E-state index contributed by atoms with van der Waals surface area (Å²) in [5.74, 6) is -0.903. The van der Waals surface area contributed by atoms with Gasteiger partial charge in [0, 0.05) is 12.8 Å². The van der Waals surface area contributed by atoms with E-state index >= 15 is 0 Å². The minimum absolute atomic E-state index is 0.0167. The first-order valence-electron chi connectivity index (χ1n) is 20.0. The maximum atomic E-state index is 12.6. The van der Waals surface area contributed by atoms with Gasteiger partial charge in [-0.15, -0.1) is 0 Å². The largest absolute Gasteiger partial charge is 0.472 e. The van der Waals surface area contributed by atoms with Crippen molar-refractivity contribution < 1.29 is 42.1 Å². The molecule has 0 heterocycles. The Kier molecular flexibility index (Phi) is 33.0. The Labute approximate surface area is 317 Å². The highest BCUT2D eigenvalue weighted by molar-refractivity contribution is 7.47. The van der Waals surface area contributed by atoms with Crippen molar-refractivity contribution in [2.75, 3.05) is 47.5 Å². The number of carbonyl (C=O) groups excluding carboxylic acids is 2. The predicted octanol–water partition coefficient (Wildman–Crippen LogP) is 10.9. The highest BCUT2D eigenvalue weighted by Crippen LogP contribution is 2.43. The minimum Gasteiger partial charge on any atom is -0.462 e. The van der Waals surface area contributed by atoms with Crippen LogP contribution in [-0.2, 0) is 32.7 Å².